The van der Waals surface area contributed by atoms with Crippen LogP contribution in [0.3, 0.4) is 0 Å². The van der Waals surface area contributed by atoms with Gasteiger partial charge >= 0.3 is 5.97 Å². The molecule has 3 N–H and O–H groups in total. The van der Waals surface area contributed by atoms with Crippen molar-refractivity contribution in [1.82, 2.24) is 0 Å². The molecule has 2 aromatic rings. The second-order valence-electron chi connectivity index (χ2n) is 5.82. The monoisotopic (exact) mass is 374 g/mol. The Balaban J connectivity index is 1.82. The number of hydrogen-bond acceptors (Lipinski definition) is 5. The van der Waals surface area contributed by atoms with E-state index in [-0.39, 0.29) is 12.0 Å². The molecule has 2 rings (SSSR count). The molecule has 1 heterocycles. The van der Waals surface area contributed by atoms with E-state index >= 15 is 0 Å². The van der Waals surface area contributed by atoms with Crippen molar-refractivity contribution in [3.63, 3.8) is 0 Å². The number of ether oxygens (including phenoxy) is 1. The molecule has 1 atom stereocenters. The molecule has 0 aliphatic rings. The molecular formula is C19H22N2O4S. The maximum atomic E-state index is 12.1. The number of carbonyl (C=O) groups excluding carboxylic acids is 3. The minimum Gasteiger partial charge on any atom is -0.453 e. The van der Waals surface area contributed by atoms with Crippen molar-refractivity contribution < 1.29 is 19.1 Å². The maximum Gasteiger partial charge on any atom is 0.306 e. The van der Waals surface area contributed by atoms with Gasteiger partial charge in [0.2, 0.25) is 0 Å². The molecule has 0 saturated heterocycles. The number of carbonyl (C=O) groups is 3. The highest BCUT2D eigenvalue weighted by atomic mass is 32.1. The van der Waals surface area contributed by atoms with Crippen LogP contribution in [-0.4, -0.2) is 23.9 Å². The van der Waals surface area contributed by atoms with E-state index in [1.807, 2.05) is 24.3 Å². The molecule has 0 saturated carbocycles. The highest BCUT2D eigenvalue weighted by Gasteiger charge is 2.20. The third-order valence-corrected chi connectivity index (χ3v) is 4.72. The SMILES string of the molecule is CCc1ccc(CCC(=O)O[C@@H](C)C(=O)Nc2sccc2C(N)=O)cc1. The van der Waals surface area contributed by atoms with Crippen LogP contribution in [0, 0.1) is 0 Å². The van der Waals surface area contributed by atoms with Crippen LogP contribution in [0.4, 0.5) is 5.00 Å². The standard InChI is InChI=1S/C19H22N2O4S/c1-3-13-4-6-14(7-5-13)8-9-16(22)25-12(2)18(24)21-19-15(17(20)23)10-11-26-19/h4-7,10-12H,3,8-9H2,1-2H3,(H2,20,23)(H,21,24)/t12-/m0/s1. The van der Waals surface area contributed by atoms with E-state index in [4.69, 9.17) is 10.5 Å². The minimum atomic E-state index is -0.965. The van der Waals surface area contributed by atoms with Crippen LogP contribution < -0.4 is 11.1 Å². The predicted molar refractivity (Wildman–Crippen MR) is 101 cm³/mol. The van der Waals surface area contributed by atoms with Crippen molar-refractivity contribution in [2.45, 2.75) is 39.2 Å². The first-order chi connectivity index (χ1) is 12.4. The molecule has 7 heteroatoms. The molecule has 0 aliphatic heterocycles. The lowest BCUT2D eigenvalue weighted by Crippen LogP contribution is -2.30. The van der Waals surface area contributed by atoms with E-state index in [0.717, 1.165) is 12.0 Å². The van der Waals surface area contributed by atoms with Crippen molar-refractivity contribution in [1.29, 1.82) is 0 Å². The summed E-state index contributed by atoms with van der Waals surface area (Å²) in [7, 11) is 0. The lowest BCUT2D eigenvalue weighted by Gasteiger charge is -2.13. The van der Waals surface area contributed by atoms with Gasteiger partial charge in [0, 0.05) is 6.42 Å². The van der Waals surface area contributed by atoms with Gasteiger partial charge in [-0.2, -0.15) is 0 Å². The number of anilines is 1. The van der Waals surface area contributed by atoms with E-state index in [0.29, 0.717) is 11.4 Å². The maximum absolute atomic E-state index is 12.1. The first kappa shape index (κ1) is 19.7. The summed E-state index contributed by atoms with van der Waals surface area (Å²) < 4.78 is 5.17. The van der Waals surface area contributed by atoms with Crippen molar-refractivity contribution in [3.05, 3.63) is 52.4 Å². The first-order valence-electron chi connectivity index (χ1n) is 8.36. The Morgan fingerprint density at radius 3 is 2.42 bits per heavy atom. The van der Waals surface area contributed by atoms with Gasteiger partial charge < -0.3 is 15.8 Å². The second-order valence-corrected chi connectivity index (χ2v) is 6.74. The van der Waals surface area contributed by atoms with Crippen molar-refractivity contribution in [2.75, 3.05) is 5.32 Å². The molecule has 1 aromatic heterocycles. The summed E-state index contributed by atoms with van der Waals surface area (Å²) >= 11 is 1.18. The van der Waals surface area contributed by atoms with Gasteiger partial charge in [-0.05, 0) is 42.3 Å². The van der Waals surface area contributed by atoms with Gasteiger partial charge in [-0.15, -0.1) is 11.3 Å². The first-order valence-corrected chi connectivity index (χ1v) is 9.24. The van der Waals surface area contributed by atoms with Crippen LogP contribution in [0.5, 0.6) is 0 Å². The van der Waals surface area contributed by atoms with Gasteiger partial charge in [0.25, 0.3) is 11.8 Å². The highest BCUT2D eigenvalue weighted by molar-refractivity contribution is 7.14. The van der Waals surface area contributed by atoms with Gasteiger partial charge in [0.15, 0.2) is 6.10 Å². The van der Waals surface area contributed by atoms with E-state index < -0.39 is 23.9 Å². The number of aryl methyl sites for hydroxylation is 2. The van der Waals surface area contributed by atoms with E-state index in [1.54, 1.807) is 5.38 Å². The quantitative estimate of drug-likeness (QED) is 0.694. The summed E-state index contributed by atoms with van der Waals surface area (Å²) in [6.07, 6.45) is 0.743. The van der Waals surface area contributed by atoms with Crippen LogP contribution in [0.1, 0.15) is 41.8 Å². The predicted octanol–water partition coefficient (Wildman–Crippen LogP) is 2.91. The molecule has 0 spiro atoms. The number of benzene rings is 1. The summed E-state index contributed by atoms with van der Waals surface area (Å²) in [4.78, 5) is 35.4. The van der Waals surface area contributed by atoms with Crippen LogP contribution in [0.25, 0.3) is 0 Å². The number of primary amides is 1. The normalized spacial score (nSPS) is 11.6. The van der Waals surface area contributed by atoms with Crippen LogP contribution in [-0.2, 0) is 27.2 Å². The summed E-state index contributed by atoms with van der Waals surface area (Å²) in [5.74, 6) is -1.58. The molecule has 0 aliphatic carbocycles. The Kier molecular flexibility index (Phi) is 6.91. The highest BCUT2D eigenvalue weighted by Crippen LogP contribution is 2.23. The molecule has 0 fully saturated rings. The van der Waals surface area contributed by atoms with Crippen molar-refractivity contribution in [2.24, 2.45) is 5.73 Å². The van der Waals surface area contributed by atoms with Gasteiger partial charge in [-0.1, -0.05) is 31.2 Å². The fraction of sp³-hybridized carbons (Fsp3) is 0.316. The average Bonchev–Trinajstić information content (AvgIpc) is 3.08. The molecule has 0 bridgehead atoms. The Morgan fingerprint density at radius 1 is 1.15 bits per heavy atom. The molecule has 0 radical (unpaired) electrons. The third kappa shape index (κ3) is 5.42. The van der Waals surface area contributed by atoms with Gasteiger partial charge in [-0.25, -0.2) is 0 Å². The zero-order valence-corrected chi connectivity index (χ0v) is 15.6. The van der Waals surface area contributed by atoms with E-state index in [2.05, 4.69) is 12.2 Å². The minimum absolute atomic E-state index is 0.189. The zero-order valence-electron chi connectivity index (χ0n) is 14.8. The fourth-order valence-electron chi connectivity index (χ4n) is 2.31. The van der Waals surface area contributed by atoms with E-state index in [9.17, 15) is 14.4 Å². The smallest absolute Gasteiger partial charge is 0.306 e. The Hall–Kier alpha value is -2.67. The summed E-state index contributed by atoms with van der Waals surface area (Å²) in [5.41, 5.74) is 7.75. The van der Waals surface area contributed by atoms with Gasteiger partial charge in [0.1, 0.15) is 5.00 Å². The molecule has 26 heavy (non-hydrogen) atoms. The van der Waals surface area contributed by atoms with Crippen LogP contribution in [0.2, 0.25) is 0 Å². The zero-order chi connectivity index (χ0) is 19.1. The molecule has 2 amide bonds. The van der Waals surface area contributed by atoms with Gasteiger partial charge in [0.05, 0.1) is 5.56 Å². The van der Waals surface area contributed by atoms with Crippen molar-refractivity contribution >= 4 is 34.1 Å². The number of thiophene rings is 1. The third-order valence-electron chi connectivity index (χ3n) is 3.89. The Labute approximate surface area is 156 Å². The van der Waals surface area contributed by atoms with Crippen LogP contribution in [0.15, 0.2) is 35.7 Å². The summed E-state index contributed by atoms with van der Waals surface area (Å²) in [6, 6.07) is 9.58. The lowest BCUT2D eigenvalue weighted by molar-refractivity contribution is -0.153. The molecule has 138 valence electrons. The summed E-state index contributed by atoms with van der Waals surface area (Å²) in [5, 5.41) is 4.56. The lowest BCUT2D eigenvalue weighted by atomic mass is 10.1. The average molecular weight is 374 g/mol. The number of nitrogens with two attached hydrogens (primary N) is 1. The topological polar surface area (TPSA) is 98.5 Å². The number of rotatable bonds is 8. The summed E-state index contributed by atoms with van der Waals surface area (Å²) in [6.45, 7) is 3.57. The Bertz CT molecular complexity index is 783. The van der Waals surface area contributed by atoms with Crippen molar-refractivity contribution in [3.8, 4) is 0 Å². The fourth-order valence-corrected chi connectivity index (χ4v) is 3.11. The molecule has 6 nitrogen and oxygen atoms in total. The Morgan fingerprint density at radius 2 is 1.81 bits per heavy atom. The van der Waals surface area contributed by atoms with E-state index in [1.165, 1.54) is 29.9 Å². The number of esters is 1. The molecule has 0 unspecified atom stereocenters. The number of nitrogens with one attached hydrogen (secondary N) is 1. The largest absolute Gasteiger partial charge is 0.453 e. The van der Waals surface area contributed by atoms with Crippen LogP contribution >= 0.6 is 11.3 Å². The number of amides is 2. The molecule has 1 aromatic carbocycles. The molecular weight excluding hydrogens is 352 g/mol. The van der Waals surface area contributed by atoms with Gasteiger partial charge in [-0.3, -0.25) is 14.4 Å². The number of hydrogen-bond donors (Lipinski definition) is 2. The second kappa shape index (κ2) is 9.15.